The molecule has 0 spiro atoms. The van der Waals surface area contributed by atoms with Gasteiger partial charge in [-0.25, -0.2) is 4.79 Å². The second-order valence-corrected chi connectivity index (χ2v) is 5.63. The molecule has 4 nitrogen and oxygen atoms in total. The largest absolute Gasteiger partial charge is 0.478 e. The minimum Gasteiger partial charge on any atom is -0.478 e. The Morgan fingerprint density at radius 3 is 2.29 bits per heavy atom. The van der Waals surface area contributed by atoms with Gasteiger partial charge in [-0.1, -0.05) is 24.3 Å². The molecular formula is C17H17NO3. The molecule has 0 aliphatic heterocycles. The van der Waals surface area contributed by atoms with E-state index in [2.05, 4.69) is 12.1 Å². The molecule has 1 aromatic heterocycles. The van der Waals surface area contributed by atoms with Gasteiger partial charge in [-0.3, -0.25) is 4.79 Å². The summed E-state index contributed by atoms with van der Waals surface area (Å²) in [6.07, 6.45) is 1.55. The lowest BCUT2D eigenvalue weighted by molar-refractivity contribution is 0.0694. The lowest BCUT2D eigenvalue weighted by atomic mass is 10.1. The van der Waals surface area contributed by atoms with Crippen molar-refractivity contribution in [1.82, 2.24) is 4.57 Å². The number of carboxylic acid groups (broad SMARTS) is 1. The average molecular weight is 283 g/mol. The van der Waals surface area contributed by atoms with Crippen LogP contribution in [-0.4, -0.2) is 15.6 Å². The van der Waals surface area contributed by atoms with Crippen LogP contribution in [0.15, 0.2) is 35.1 Å². The highest BCUT2D eigenvalue weighted by Gasteiger charge is 2.26. The van der Waals surface area contributed by atoms with Crippen molar-refractivity contribution in [2.24, 2.45) is 0 Å². The van der Waals surface area contributed by atoms with Crippen molar-refractivity contribution in [3.63, 3.8) is 0 Å². The number of aromatic nitrogens is 1. The Morgan fingerprint density at radius 1 is 1.19 bits per heavy atom. The number of carboxylic acids is 1. The molecule has 21 heavy (non-hydrogen) atoms. The van der Waals surface area contributed by atoms with E-state index in [4.69, 9.17) is 0 Å². The molecular weight excluding hydrogens is 266 g/mol. The molecule has 108 valence electrons. The number of aromatic carboxylic acids is 1. The smallest absolute Gasteiger partial charge is 0.337 e. The highest BCUT2D eigenvalue weighted by molar-refractivity contribution is 5.90. The highest BCUT2D eigenvalue weighted by atomic mass is 16.4. The molecule has 0 saturated heterocycles. The van der Waals surface area contributed by atoms with Gasteiger partial charge in [-0.15, -0.1) is 0 Å². The lowest BCUT2D eigenvalue weighted by Gasteiger charge is -2.19. The van der Waals surface area contributed by atoms with Crippen LogP contribution in [0.2, 0.25) is 0 Å². The average Bonchev–Trinajstić information content (AvgIpc) is 2.80. The van der Waals surface area contributed by atoms with Crippen molar-refractivity contribution in [1.29, 1.82) is 0 Å². The van der Waals surface area contributed by atoms with Crippen molar-refractivity contribution in [2.75, 3.05) is 0 Å². The summed E-state index contributed by atoms with van der Waals surface area (Å²) in [7, 11) is 0. The Bertz CT molecular complexity index is 764. The number of hydrogen-bond acceptors (Lipinski definition) is 2. The zero-order chi connectivity index (χ0) is 15.1. The van der Waals surface area contributed by atoms with Crippen LogP contribution in [-0.2, 0) is 12.8 Å². The van der Waals surface area contributed by atoms with Gasteiger partial charge in [-0.05, 0) is 43.4 Å². The molecule has 1 aliphatic carbocycles. The predicted octanol–water partition coefficient (Wildman–Crippen LogP) is 2.50. The van der Waals surface area contributed by atoms with Crippen molar-refractivity contribution >= 4 is 5.97 Å². The minimum atomic E-state index is -0.978. The Kier molecular flexibility index (Phi) is 3.16. The van der Waals surface area contributed by atoms with Crippen LogP contribution in [0.4, 0.5) is 0 Å². The quantitative estimate of drug-likeness (QED) is 0.921. The van der Waals surface area contributed by atoms with E-state index < -0.39 is 5.97 Å². The molecule has 0 fully saturated rings. The molecule has 2 aromatic rings. The molecule has 4 heteroatoms. The van der Waals surface area contributed by atoms with E-state index in [1.165, 1.54) is 17.2 Å². The van der Waals surface area contributed by atoms with Crippen molar-refractivity contribution < 1.29 is 9.90 Å². The fourth-order valence-corrected chi connectivity index (χ4v) is 3.39. The first-order valence-corrected chi connectivity index (χ1v) is 7.02. The second kappa shape index (κ2) is 4.88. The normalized spacial score (nSPS) is 14.2. The third-order valence-corrected chi connectivity index (χ3v) is 4.30. The van der Waals surface area contributed by atoms with Gasteiger partial charge in [0.25, 0.3) is 5.56 Å². The van der Waals surface area contributed by atoms with E-state index >= 15 is 0 Å². The van der Waals surface area contributed by atoms with Crippen LogP contribution in [0.1, 0.15) is 38.8 Å². The number of aryl methyl sites for hydroxylation is 1. The standard InChI is InChI=1S/C17H17NO3/c1-10-7-15(19)18(11(2)16(10)17(20)21)14-8-12-5-3-4-6-13(12)9-14/h3-7,14H,8-9H2,1-2H3,(H,20,21). The highest BCUT2D eigenvalue weighted by Crippen LogP contribution is 2.30. The molecule has 0 radical (unpaired) electrons. The number of carbonyl (C=O) groups is 1. The van der Waals surface area contributed by atoms with Gasteiger partial charge in [0.1, 0.15) is 0 Å². The monoisotopic (exact) mass is 283 g/mol. The maximum Gasteiger partial charge on any atom is 0.337 e. The molecule has 0 amide bonds. The third-order valence-electron chi connectivity index (χ3n) is 4.30. The molecule has 1 aliphatic rings. The summed E-state index contributed by atoms with van der Waals surface area (Å²) in [5, 5.41) is 9.36. The van der Waals surface area contributed by atoms with E-state index in [9.17, 15) is 14.7 Å². The second-order valence-electron chi connectivity index (χ2n) is 5.63. The molecule has 1 heterocycles. The van der Waals surface area contributed by atoms with E-state index in [0.29, 0.717) is 11.3 Å². The zero-order valence-corrected chi connectivity index (χ0v) is 12.1. The summed E-state index contributed by atoms with van der Waals surface area (Å²) in [5.74, 6) is -0.978. The summed E-state index contributed by atoms with van der Waals surface area (Å²) in [4.78, 5) is 23.8. The number of benzene rings is 1. The van der Waals surface area contributed by atoms with Crippen LogP contribution in [0.25, 0.3) is 0 Å². The number of fused-ring (bicyclic) bond motifs is 1. The first-order chi connectivity index (χ1) is 9.99. The van der Waals surface area contributed by atoms with Gasteiger partial charge in [0.05, 0.1) is 5.56 Å². The predicted molar refractivity (Wildman–Crippen MR) is 80.0 cm³/mol. The summed E-state index contributed by atoms with van der Waals surface area (Å²) in [5.41, 5.74) is 3.68. The third kappa shape index (κ3) is 2.17. The fraction of sp³-hybridized carbons (Fsp3) is 0.294. The van der Waals surface area contributed by atoms with Crippen molar-refractivity contribution in [3.8, 4) is 0 Å². The van der Waals surface area contributed by atoms with Crippen LogP contribution in [0, 0.1) is 13.8 Å². The first-order valence-electron chi connectivity index (χ1n) is 7.02. The Morgan fingerprint density at radius 2 is 1.76 bits per heavy atom. The minimum absolute atomic E-state index is 0.00796. The van der Waals surface area contributed by atoms with Gasteiger partial charge < -0.3 is 9.67 Å². The van der Waals surface area contributed by atoms with Crippen LogP contribution in [0.3, 0.4) is 0 Å². The van der Waals surface area contributed by atoms with Crippen LogP contribution < -0.4 is 5.56 Å². The molecule has 1 aromatic carbocycles. The molecule has 0 saturated carbocycles. The molecule has 3 rings (SSSR count). The fourth-order valence-electron chi connectivity index (χ4n) is 3.39. The Balaban J connectivity index is 2.11. The SMILES string of the molecule is Cc1cc(=O)n(C2Cc3ccccc3C2)c(C)c1C(=O)O. The van der Waals surface area contributed by atoms with E-state index in [1.807, 2.05) is 12.1 Å². The topological polar surface area (TPSA) is 59.3 Å². The van der Waals surface area contributed by atoms with Gasteiger partial charge in [0.15, 0.2) is 0 Å². The molecule has 1 N–H and O–H groups in total. The number of hydrogen-bond donors (Lipinski definition) is 1. The van der Waals surface area contributed by atoms with Gasteiger partial charge in [-0.2, -0.15) is 0 Å². The van der Waals surface area contributed by atoms with Gasteiger partial charge >= 0.3 is 5.97 Å². The van der Waals surface area contributed by atoms with E-state index in [0.717, 1.165) is 12.8 Å². The number of pyridine rings is 1. The zero-order valence-electron chi connectivity index (χ0n) is 12.1. The number of rotatable bonds is 2. The summed E-state index contributed by atoms with van der Waals surface area (Å²) < 4.78 is 1.65. The first kappa shape index (κ1) is 13.6. The molecule has 0 atom stereocenters. The van der Waals surface area contributed by atoms with E-state index in [-0.39, 0.29) is 17.2 Å². The summed E-state index contributed by atoms with van der Waals surface area (Å²) in [6, 6.07) is 9.57. The lowest BCUT2D eigenvalue weighted by Crippen LogP contribution is -2.29. The maximum absolute atomic E-state index is 12.3. The summed E-state index contributed by atoms with van der Waals surface area (Å²) >= 11 is 0. The van der Waals surface area contributed by atoms with Gasteiger partial charge in [0, 0.05) is 17.8 Å². The number of nitrogens with zero attached hydrogens (tertiary/aromatic N) is 1. The molecule has 0 unspecified atom stereocenters. The van der Waals surface area contributed by atoms with Crippen LogP contribution >= 0.6 is 0 Å². The Hall–Kier alpha value is -2.36. The van der Waals surface area contributed by atoms with Crippen molar-refractivity contribution in [2.45, 2.75) is 32.7 Å². The summed E-state index contributed by atoms with van der Waals surface area (Å²) in [6.45, 7) is 3.40. The maximum atomic E-state index is 12.3. The van der Waals surface area contributed by atoms with Gasteiger partial charge in [0.2, 0.25) is 0 Å². The van der Waals surface area contributed by atoms with Crippen LogP contribution in [0.5, 0.6) is 0 Å². The van der Waals surface area contributed by atoms with E-state index in [1.54, 1.807) is 18.4 Å². The van der Waals surface area contributed by atoms with Crippen molar-refractivity contribution in [3.05, 3.63) is 68.6 Å². The molecule has 0 bridgehead atoms. The Labute approximate surface area is 122 Å².